The van der Waals surface area contributed by atoms with Gasteiger partial charge in [-0.25, -0.2) is 0 Å². The average Bonchev–Trinajstić information content (AvgIpc) is 2.60. The van der Waals surface area contributed by atoms with Gasteiger partial charge in [-0.05, 0) is 49.9 Å². The molecule has 6 nitrogen and oxygen atoms in total. The first kappa shape index (κ1) is 18.4. The number of anilines is 1. The predicted octanol–water partition coefficient (Wildman–Crippen LogP) is 1.34. The standard InChI is InChI=1S/C18H28N4O2/c1-13(14-6-9-20-10-7-14)12-17(23)22-16-5-3-2-4-15(16)18(24)21-11-8-19/h2-5,13-14,20H,6-12,19H2,1H3,(H,21,24)(H,22,23). The van der Waals surface area contributed by atoms with E-state index in [0.29, 0.717) is 42.6 Å². The van der Waals surface area contributed by atoms with E-state index in [1.54, 1.807) is 18.2 Å². The van der Waals surface area contributed by atoms with E-state index in [4.69, 9.17) is 5.73 Å². The third-order valence-electron chi connectivity index (χ3n) is 4.57. The van der Waals surface area contributed by atoms with Gasteiger partial charge in [0, 0.05) is 19.5 Å². The lowest BCUT2D eigenvalue weighted by Gasteiger charge is -2.28. The summed E-state index contributed by atoms with van der Waals surface area (Å²) in [4.78, 5) is 24.5. The average molecular weight is 332 g/mol. The van der Waals surface area contributed by atoms with Crippen molar-refractivity contribution in [3.8, 4) is 0 Å². The van der Waals surface area contributed by atoms with Crippen LogP contribution in [0, 0.1) is 11.8 Å². The van der Waals surface area contributed by atoms with Crippen molar-refractivity contribution in [2.24, 2.45) is 17.6 Å². The van der Waals surface area contributed by atoms with Crippen LogP contribution in [0.4, 0.5) is 5.69 Å². The van der Waals surface area contributed by atoms with Crippen LogP contribution in [0.1, 0.15) is 36.5 Å². The van der Waals surface area contributed by atoms with Crippen LogP contribution >= 0.6 is 0 Å². The van der Waals surface area contributed by atoms with Crippen LogP contribution < -0.4 is 21.7 Å². The van der Waals surface area contributed by atoms with Gasteiger partial charge in [0.15, 0.2) is 0 Å². The van der Waals surface area contributed by atoms with Crippen molar-refractivity contribution in [3.05, 3.63) is 29.8 Å². The molecule has 0 saturated carbocycles. The van der Waals surface area contributed by atoms with Gasteiger partial charge in [0.05, 0.1) is 11.3 Å². The molecule has 2 rings (SSSR count). The summed E-state index contributed by atoms with van der Waals surface area (Å²) in [6.45, 7) is 4.98. The van der Waals surface area contributed by atoms with E-state index in [2.05, 4.69) is 22.9 Å². The molecule has 1 aliphatic heterocycles. The topological polar surface area (TPSA) is 96.2 Å². The third-order valence-corrected chi connectivity index (χ3v) is 4.57. The summed E-state index contributed by atoms with van der Waals surface area (Å²) < 4.78 is 0. The summed E-state index contributed by atoms with van der Waals surface area (Å²) in [5.41, 5.74) is 6.43. The molecule has 1 saturated heterocycles. The molecule has 0 bridgehead atoms. The molecule has 0 spiro atoms. The summed E-state index contributed by atoms with van der Waals surface area (Å²) in [5.74, 6) is 0.660. The zero-order valence-electron chi connectivity index (χ0n) is 14.3. The number of hydrogen-bond donors (Lipinski definition) is 4. The number of carbonyl (C=O) groups excluding carboxylic acids is 2. The highest BCUT2D eigenvalue weighted by atomic mass is 16.2. The van der Waals surface area contributed by atoms with Gasteiger partial charge >= 0.3 is 0 Å². The fraction of sp³-hybridized carbons (Fsp3) is 0.556. The van der Waals surface area contributed by atoms with E-state index in [1.807, 2.05) is 6.07 Å². The SMILES string of the molecule is CC(CC(=O)Nc1ccccc1C(=O)NCCN)C1CCNCC1. The molecule has 0 radical (unpaired) electrons. The maximum absolute atomic E-state index is 12.4. The lowest BCUT2D eigenvalue weighted by Crippen LogP contribution is -2.32. The molecule has 1 aromatic carbocycles. The number of nitrogens with two attached hydrogens (primary N) is 1. The molecule has 24 heavy (non-hydrogen) atoms. The Labute approximate surface area is 143 Å². The molecule has 0 aliphatic carbocycles. The van der Waals surface area contributed by atoms with Crippen molar-refractivity contribution < 1.29 is 9.59 Å². The monoisotopic (exact) mass is 332 g/mol. The summed E-state index contributed by atoms with van der Waals surface area (Å²) in [5, 5.41) is 8.97. The maximum atomic E-state index is 12.4. The summed E-state index contributed by atoms with van der Waals surface area (Å²) >= 11 is 0. The fourth-order valence-corrected chi connectivity index (χ4v) is 3.14. The van der Waals surface area contributed by atoms with Crippen molar-refractivity contribution in [2.75, 3.05) is 31.5 Å². The van der Waals surface area contributed by atoms with Crippen molar-refractivity contribution >= 4 is 17.5 Å². The van der Waals surface area contributed by atoms with Gasteiger partial charge in [0.25, 0.3) is 5.91 Å². The molecule has 1 fully saturated rings. The van der Waals surface area contributed by atoms with Crippen molar-refractivity contribution in [1.82, 2.24) is 10.6 Å². The largest absolute Gasteiger partial charge is 0.351 e. The Morgan fingerprint density at radius 2 is 2.00 bits per heavy atom. The molecule has 1 aromatic rings. The molecule has 2 amide bonds. The number of piperidine rings is 1. The second kappa shape index (κ2) is 9.39. The number of nitrogens with one attached hydrogen (secondary N) is 3. The maximum Gasteiger partial charge on any atom is 0.253 e. The van der Waals surface area contributed by atoms with Gasteiger partial charge in [-0.3, -0.25) is 9.59 Å². The zero-order chi connectivity index (χ0) is 17.4. The minimum Gasteiger partial charge on any atom is -0.351 e. The summed E-state index contributed by atoms with van der Waals surface area (Å²) in [7, 11) is 0. The third kappa shape index (κ3) is 5.32. The normalized spacial score (nSPS) is 16.4. The van der Waals surface area contributed by atoms with Gasteiger partial charge in [0.1, 0.15) is 0 Å². The quantitative estimate of drug-likeness (QED) is 0.606. The van der Waals surface area contributed by atoms with Gasteiger partial charge < -0.3 is 21.7 Å². The lowest BCUT2D eigenvalue weighted by molar-refractivity contribution is -0.117. The first-order chi connectivity index (χ1) is 11.6. The second-order valence-electron chi connectivity index (χ2n) is 6.41. The van der Waals surface area contributed by atoms with Gasteiger partial charge in [-0.2, -0.15) is 0 Å². The van der Waals surface area contributed by atoms with E-state index in [1.165, 1.54) is 0 Å². The Morgan fingerprint density at radius 1 is 1.29 bits per heavy atom. The lowest BCUT2D eigenvalue weighted by atomic mass is 9.84. The van der Waals surface area contributed by atoms with Gasteiger partial charge in [-0.1, -0.05) is 19.1 Å². The summed E-state index contributed by atoms with van der Waals surface area (Å²) in [6, 6.07) is 7.05. The van der Waals surface area contributed by atoms with Crippen LogP contribution in [0.3, 0.4) is 0 Å². The first-order valence-corrected chi connectivity index (χ1v) is 8.69. The first-order valence-electron chi connectivity index (χ1n) is 8.69. The molecule has 6 heteroatoms. The van der Waals surface area contributed by atoms with E-state index in [-0.39, 0.29) is 11.8 Å². The van der Waals surface area contributed by atoms with E-state index in [9.17, 15) is 9.59 Å². The highest BCUT2D eigenvalue weighted by Gasteiger charge is 2.22. The fourth-order valence-electron chi connectivity index (χ4n) is 3.14. The Bertz CT molecular complexity index is 556. The van der Waals surface area contributed by atoms with Crippen molar-refractivity contribution in [2.45, 2.75) is 26.2 Å². The van der Waals surface area contributed by atoms with Gasteiger partial charge in [-0.15, -0.1) is 0 Å². The van der Waals surface area contributed by atoms with Gasteiger partial charge in [0.2, 0.25) is 5.91 Å². The minimum absolute atomic E-state index is 0.0416. The zero-order valence-corrected chi connectivity index (χ0v) is 14.3. The summed E-state index contributed by atoms with van der Waals surface area (Å²) in [6.07, 6.45) is 2.71. The number of hydrogen-bond acceptors (Lipinski definition) is 4. The molecular weight excluding hydrogens is 304 g/mol. The highest BCUT2D eigenvalue weighted by molar-refractivity contribution is 6.03. The molecule has 1 heterocycles. The van der Waals surface area contributed by atoms with E-state index < -0.39 is 0 Å². The minimum atomic E-state index is -0.220. The number of amides is 2. The molecule has 132 valence electrons. The molecule has 1 atom stereocenters. The second-order valence-corrected chi connectivity index (χ2v) is 6.41. The smallest absolute Gasteiger partial charge is 0.253 e. The van der Waals surface area contributed by atoms with Crippen molar-refractivity contribution in [1.29, 1.82) is 0 Å². The Balaban J connectivity index is 1.94. The number of para-hydroxylation sites is 1. The number of carbonyl (C=O) groups is 2. The van der Waals surface area contributed by atoms with Crippen LogP contribution in [0.15, 0.2) is 24.3 Å². The van der Waals surface area contributed by atoms with Crippen LogP contribution in [0.25, 0.3) is 0 Å². The molecule has 0 aromatic heterocycles. The number of rotatable bonds is 7. The molecule has 1 unspecified atom stereocenters. The Kier molecular flexibility index (Phi) is 7.21. The molecule has 1 aliphatic rings. The Morgan fingerprint density at radius 3 is 2.71 bits per heavy atom. The Hall–Kier alpha value is -1.92. The van der Waals surface area contributed by atoms with Crippen LogP contribution in [-0.2, 0) is 4.79 Å². The highest BCUT2D eigenvalue weighted by Crippen LogP contribution is 2.25. The van der Waals surface area contributed by atoms with E-state index in [0.717, 1.165) is 25.9 Å². The molecule has 5 N–H and O–H groups in total. The predicted molar refractivity (Wildman–Crippen MR) is 95.8 cm³/mol. The van der Waals surface area contributed by atoms with E-state index >= 15 is 0 Å². The molecular formula is C18H28N4O2. The van der Waals surface area contributed by atoms with Crippen LogP contribution in [0.2, 0.25) is 0 Å². The van der Waals surface area contributed by atoms with Crippen molar-refractivity contribution in [3.63, 3.8) is 0 Å². The number of benzene rings is 1. The van der Waals surface area contributed by atoms with Crippen LogP contribution in [0.5, 0.6) is 0 Å². The van der Waals surface area contributed by atoms with Crippen LogP contribution in [-0.4, -0.2) is 38.0 Å².